The van der Waals surface area contributed by atoms with Crippen molar-refractivity contribution in [2.75, 3.05) is 36.4 Å². The van der Waals surface area contributed by atoms with E-state index in [1.165, 1.54) is 18.9 Å². The minimum absolute atomic E-state index is 0.0749. The highest BCUT2D eigenvalue weighted by atomic mass is 32.2. The molecule has 0 unspecified atom stereocenters. The second-order valence-electron chi connectivity index (χ2n) is 5.35. The molecule has 27 heavy (non-hydrogen) atoms. The van der Waals surface area contributed by atoms with Crippen LogP contribution < -0.4 is 15.4 Å². The van der Waals surface area contributed by atoms with Gasteiger partial charge in [-0.05, 0) is 36.4 Å². The third kappa shape index (κ3) is 6.34. The van der Waals surface area contributed by atoms with Crippen LogP contribution in [0.5, 0.6) is 5.75 Å². The molecule has 0 saturated carbocycles. The van der Waals surface area contributed by atoms with Gasteiger partial charge in [-0.3, -0.25) is 9.59 Å². The smallest absolute Gasteiger partial charge is 0.339 e. The molecule has 0 radical (unpaired) electrons. The number of ether oxygens (including phenoxy) is 2. The Balaban J connectivity index is 1.79. The van der Waals surface area contributed by atoms with Crippen LogP contribution in [0.25, 0.3) is 0 Å². The minimum atomic E-state index is -0.530. The van der Waals surface area contributed by atoms with Crippen LogP contribution in [-0.4, -0.2) is 43.5 Å². The molecular weight excluding hydrogens is 368 g/mol. The summed E-state index contributed by atoms with van der Waals surface area (Å²) in [5.74, 6) is -0.158. The summed E-state index contributed by atoms with van der Waals surface area (Å²) in [5.41, 5.74) is 1.30. The first-order chi connectivity index (χ1) is 13.0. The molecule has 0 spiro atoms. The number of para-hydroxylation sites is 1. The molecule has 2 N–H and O–H groups in total. The number of rotatable bonds is 8. The topological polar surface area (TPSA) is 93.7 Å². The lowest BCUT2D eigenvalue weighted by atomic mass is 10.2. The van der Waals surface area contributed by atoms with Crippen LogP contribution in [0.1, 0.15) is 10.4 Å². The van der Waals surface area contributed by atoms with Crippen molar-refractivity contribution in [2.24, 2.45) is 0 Å². The highest BCUT2D eigenvalue weighted by molar-refractivity contribution is 8.00. The van der Waals surface area contributed by atoms with E-state index in [2.05, 4.69) is 15.4 Å². The van der Waals surface area contributed by atoms with E-state index < -0.39 is 5.97 Å². The maximum atomic E-state index is 12.1. The Hall–Kier alpha value is -3.00. The van der Waals surface area contributed by atoms with Crippen molar-refractivity contribution in [3.63, 3.8) is 0 Å². The van der Waals surface area contributed by atoms with E-state index in [9.17, 15) is 14.4 Å². The van der Waals surface area contributed by atoms with Crippen molar-refractivity contribution in [1.29, 1.82) is 0 Å². The van der Waals surface area contributed by atoms with Crippen LogP contribution >= 0.6 is 11.8 Å². The summed E-state index contributed by atoms with van der Waals surface area (Å²) < 4.78 is 9.74. The fourth-order valence-corrected chi connectivity index (χ4v) is 2.79. The predicted octanol–water partition coefficient (Wildman–Crippen LogP) is 2.79. The van der Waals surface area contributed by atoms with Gasteiger partial charge in [-0.1, -0.05) is 12.1 Å². The molecule has 7 nitrogen and oxygen atoms in total. The van der Waals surface area contributed by atoms with Gasteiger partial charge >= 0.3 is 5.97 Å². The second kappa shape index (κ2) is 10.2. The van der Waals surface area contributed by atoms with Crippen LogP contribution in [0.3, 0.4) is 0 Å². The molecular formula is C19H20N2O5S. The fourth-order valence-electron chi connectivity index (χ4n) is 2.17. The van der Waals surface area contributed by atoms with Crippen LogP contribution in [0.4, 0.5) is 11.4 Å². The maximum absolute atomic E-state index is 12.1. The molecule has 0 bridgehead atoms. The van der Waals surface area contributed by atoms with Gasteiger partial charge in [0.25, 0.3) is 0 Å². The van der Waals surface area contributed by atoms with Crippen LogP contribution in [0.15, 0.2) is 48.5 Å². The molecule has 2 rings (SSSR count). The summed E-state index contributed by atoms with van der Waals surface area (Å²) in [4.78, 5) is 35.7. The summed E-state index contributed by atoms with van der Waals surface area (Å²) in [6.07, 6.45) is 0. The fraction of sp³-hybridized carbons (Fsp3) is 0.211. The number of hydrogen-bond donors (Lipinski definition) is 2. The zero-order valence-corrected chi connectivity index (χ0v) is 15.8. The number of benzene rings is 2. The summed E-state index contributed by atoms with van der Waals surface area (Å²) in [5, 5.41) is 5.40. The third-order valence-corrected chi connectivity index (χ3v) is 4.38. The SMILES string of the molecule is COC(=O)c1ccccc1NC(=O)CSCC(=O)Nc1ccc(OC)cc1. The summed E-state index contributed by atoms with van der Waals surface area (Å²) in [6.45, 7) is 0. The number of methoxy groups -OCH3 is 2. The van der Waals surface area contributed by atoms with E-state index in [0.717, 1.165) is 0 Å². The molecule has 8 heteroatoms. The molecule has 2 amide bonds. The molecule has 0 heterocycles. The number of carbonyl (C=O) groups excluding carboxylic acids is 3. The van der Waals surface area contributed by atoms with E-state index in [1.807, 2.05) is 0 Å². The lowest BCUT2D eigenvalue weighted by molar-refractivity contribution is -0.114. The molecule has 0 saturated heterocycles. The summed E-state index contributed by atoms with van der Waals surface area (Å²) >= 11 is 1.17. The van der Waals surface area contributed by atoms with Crippen molar-refractivity contribution in [3.05, 3.63) is 54.1 Å². The van der Waals surface area contributed by atoms with Gasteiger partial charge in [0.1, 0.15) is 5.75 Å². The number of thioether (sulfide) groups is 1. The molecule has 0 fully saturated rings. The molecule has 0 aromatic heterocycles. The number of anilines is 2. The van der Waals surface area contributed by atoms with E-state index in [-0.39, 0.29) is 28.9 Å². The predicted molar refractivity (Wildman–Crippen MR) is 105 cm³/mol. The Kier molecular flexibility index (Phi) is 7.69. The van der Waals surface area contributed by atoms with Crippen LogP contribution in [0, 0.1) is 0 Å². The number of hydrogen-bond acceptors (Lipinski definition) is 6. The van der Waals surface area contributed by atoms with Gasteiger partial charge in [0, 0.05) is 5.69 Å². The first kappa shape index (κ1) is 20.3. The first-order valence-electron chi connectivity index (χ1n) is 8.02. The van der Waals surface area contributed by atoms with Crippen molar-refractivity contribution < 1.29 is 23.9 Å². The van der Waals surface area contributed by atoms with E-state index in [1.54, 1.807) is 55.6 Å². The lowest BCUT2D eigenvalue weighted by Gasteiger charge is -2.09. The Morgan fingerprint density at radius 2 is 1.52 bits per heavy atom. The molecule has 2 aromatic carbocycles. The molecule has 0 aliphatic rings. The van der Waals surface area contributed by atoms with Gasteiger partial charge in [-0.15, -0.1) is 11.8 Å². The second-order valence-corrected chi connectivity index (χ2v) is 6.34. The summed E-state index contributed by atoms with van der Waals surface area (Å²) in [7, 11) is 2.84. The zero-order valence-electron chi connectivity index (χ0n) is 15.0. The zero-order chi connectivity index (χ0) is 19.6. The third-order valence-electron chi connectivity index (χ3n) is 3.45. The first-order valence-corrected chi connectivity index (χ1v) is 9.17. The Labute approximate surface area is 161 Å². The molecule has 2 aromatic rings. The maximum Gasteiger partial charge on any atom is 0.339 e. The van der Waals surface area contributed by atoms with Gasteiger partial charge < -0.3 is 20.1 Å². The lowest BCUT2D eigenvalue weighted by Crippen LogP contribution is -2.19. The highest BCUT2D eigenvalue weighted by Crippen LogP contribution is 2.17. The Bertz CT molecular complexity index is 808. The van der Waals surface area contributed by atoms with Crippen molar-refractivity contribution >= 4 is 40.9 Å². The standard InChI is InChI=1S/C19H20N2O5S/c1-25-14-9-7-13(8-10-14)20-17(22)11-27-12-18(23)21-16-6-4-3-5-15(16)19(24)26-2/h3-10H,11-12H2,1-2H3,(H,20,22)(H,21,23). The van der Waals surface area contributed by atoms with Gasteiger partial charge in [0.15, 0.2) is 0 Å². The summed E-state index contributed by atoms with van der Waals surface area (Å²) in [6, 6.07) is 13.5. The normalized spacial score (nSPS) is 10.0. The average molecular weight is 388 g/mol. The largest absolute Gasteiger partial charge is 0.497 e. The van der Waals surface area contributed by atoms with Gasteiger partial charge in [0.2, 0.25) is 11.8 Å². The Morgan fingerprint density at radius 3 is 2.15 bits per heavy atom. The van der Waals surface area contributed by atoms with Crippen molar-refractivity contribution in [1.82, 2.24) is 0 Å². The Morgan fingerprint density at radius 1 is 0.889 bits per heavy atom. The van der Waals surface area contributed by atoms with Crippen molar-refractivity contribution in [3.8, 4) is 5.75 Å². The monoisotopic (exact) mass is 388 g/mol. The number of esters is 1. The van der Waals surface area contributed by atoms with Crippen LogP contribution in [-0.2, 0) is 14.3 Å². The highest BCUT2D eigenvalue weighted by Gasteiger charge is 2.13. The van der Waals surface area contributed by atoms with Crippen molar-refractivity contribution in [2.45, 2.75) is 0 Å². The molecule has 0 aliphatic heterocycles. The average Bonchev–Trinajstić information content (AvgIpc) is 2.68. The van der Waals surface area contributed by atoms with Crippen LogP contribution in [0.2, 0.25) is 0 Å². The molecule has 0 aliphatic carbocycles. The molecule has 0 atom stereocenters. The van der Waals surface area contributed by atoms with Gasteiger partial charge in [-0.2, -0.15) is 0 Å². The van der Waals surface area contributed by atoms with Gasteiger partial charge in [-0.25, -0.2) is 4.79 Å². The number of amides is 2. The van der Waals surface area contributed by atoms with E-state index in [4.69, 9.17) is 4.74 Å². The minimum Gasteiger partial charge on any atom is -0.497 e. The number of nitrogens with one attached hydrogen (secondary N) is 2. The van der Waals surface area contributed by atoms with E-state index in [0.29, 0.717) is 17.1 Å². The van der Waals surface area contributed by atoms with E-state index >= 15 is 0 Å². The quantitative estimate of drug-likeness (QED) is 0.676. The molecule has 142 valence electrons. The van der Waals surface area contributed by atoms with Gasteiger partial charge in [0.05, 0.1) is 37.0 Å². The number of carbonyl (C=O) groups is 3.